The zero-order valence-electron chi connectivity index (χ0n) is 13.1. The van der Waals surface area contributed by atoms with Gasteiger partial charge in [-0.2, -0.15) is 25.3 Å². The number of hydrogen-bond donors (Lipinski definition) is 0. The molecule has 0 spiro atoms. The summed E-state index contributed by atoms with van der Waals surface area (Å²) in [6.07, 6.45) is 1.05. The maximum Gasteiger partial charge on any atom is 0.293 e. The average Bonchev–Trinajstić information content (AvgIpc) is 2.42. The van der Waals surface area contributed by atoms with Crippen LogP contribution in [0.1, 0.15) is 19.3 Å². The molecule has 0 atom stereocenters. The Morgan fingerprint density at radius 3 is 1.42 bits per heavy atom. The normalized spacial score (nSPS) is 13.9. The molecule has 24 heavy (non-hydrogen) atoms. The Balaban J connectivity index is 4.13. The summed E-state index contributed by atoms with van der Waals surface area (Å²) < 4.78 is 102. The van der Waals surface area contributed by atoms with Gasteiger partial charge in [-0.15, -0.1) is 0 Å². The van der Waals surface area contributed by atoms with Gasteiger partial charge in [0.25, 0.3) is 30.4 Å². The lowest BCUT2D eigenvalue weighted by molar-refractivity contribution is 0.327. The molecule has 0 aromatic heterocycles. The second-order valence-electron chi connectivity index (χ2n) is 4.71. The van der Waals surface area contributed by atoms with Crippen molar-refractivity contribution in [2.24, 2.45) is 0 Å². The molecule has 0 aliphatic rings. The summed E-state index contributed by atoms with van der Waals surface area (Å²) in [7, 11) is -14.9. The van der Waals surface area contributed by atoms with Gasteiger partial charge in [0.05, 0.1) is 18.6 Å². The first-order valence-corrected chi connectivity index (χ1v) is 13.2. The Hall–Kier alpha value is -0.320. The lowest BCUT2D eigenvalue weighted by atomic mass is 10.3. The molecule has 0 amide bonds. The van der Waals surface area contributed by atoms with Crippen molar-refractivity contribution in [2.45, 2.75) is 19.3 Å². The Bertz CT molecular complexity index is 790. The van der Waals surface area contributed by atoms with E-state index in [0.29, 0.717) is 0 Å². The van der Waals surface area contributed by atoms with Gasteiger partial charge in [0, 0.05) is 6.26 Å². The highest BCUT2D eigenvalue weighted by molar-refractivity contribution is 7.92. The van der Waals surface area contributed by atoms with Gasteiger partial charge in [-0.25, -0.2) is 8.42 Å². The Morgan fingerprint density at radius 2 is 1.04 bits per heavy atom. The molecule has 15 heteroatoms. The van der Waals surface area contributed by atoms with Crippen molar-refractivity contribution in [2.75, 3.05) is 36.7 Å². The maximum absolute atomic E-state index is 11.4. The fraction of sp³-hybridized carbons (Fsp3) is 1.00. The van der Waals surface area contributed by atoms with Crippen LogP contribution in [0, 0.1) is 0 Å². The molecule has 0 aromatic rings. The Kier molecular flexibility index (Phi) is 9.27. The largest absolute Gasteiger partial charge is 0.293 e. The van der Waals surface area contributed by atoms with Gasteiger partial charge in [0.1, 0.15) is 0 Å². The minimum absolute atomic E-state index is 0.0248. The maximum atomic E-state index is 11.4. The van der Waals surface area contributed by atoms with Gasteiger partial charge in [0.15, 0.2) is 21.7 Å². The number of rotatable bonds is 13. The zero-order valence-corrected chi connectivity index (χ0v) is 16.3. The lowest BCUT2D eigenvalue weighted by Gasteiger charge is -2.06. The molecule has 0 unspecified atom stereocenters. The fourth-order valence-electron chi connectivity index (χ4n) is 1.19. The highest BCUT2D eigenvalue weighted by Gasteiger charge is 2.18. The summed E-state index contributed by atoms with van der Waals surface area (Å²) in [4.78, 5) is 0. The average molecular weight is 433 g/mol. The Morgan fingerprint density at radius 1 is 0.625 bits per heavy atom. The van der Waals surface area contributed by atoms with Crippen molar-refractivity contribution in [3.8, 4) is 0 Å². The molecule has 0 saturated heterocycles. The van der Waals surface area contributed by atoms with E-state index in [1.54, 1.807) is 0 Å². The van der Waals surface area contributed by atoms with E-state index >= 15 is 0 Å². The zero-order chi connectivity index (χ0) is 19.1. The molecule has 0 N–H and O–H groups in total. The van der Waals surface area contributed by atoms with E-state index in [2.05, 4.69) is 12.5 Å². The number of sulfone groups is 1. The van der Waals surface area contributed by atoms with Gasteiger partial charge in [-0.3, -0.25) is 12.5 Å². The van der Waals surface area contributed by atoms with Gasteiger partial charge in [-0.05, 0) is 12.8 Å². The Labute approximate surface area is 142 Å². The second-order valence-corrected chi connectivity index (χ2v) is 12.0. The molecule has 146 valence electrons. The summed E-state index contributed by atoms with van der Waals surface area (Å²) in [6.45, 7) is 0. The summed E-state index contributed by atoms with van der Waals surface area (Å²) in [5.41, 5.74) is 0. The second kappa shape index (κ2) is 9.40. The van der Waals surface area contributed by atoms with Crippen LogP contribution < -0.4 is 0 Å². The standard InChI is InChI=1S/C9H20O11S4/c1-18-24(16,17)9-20-23(14,15)7-5-3-4-6-22(12,13)19-8-21(2,10)11/h3-9H2,1-2H3. The van der Waals surface area contributed by atoms with Crippen molar-refractivity contribution in [1.29, 1.82) is 0 Å². The quantitative estimate of drug-likeness (QED) is 0.253. The highest BCUT2D eigenvalue weighted by Crippen LogP contribution is 2.07. The van der Waals surface area contributed by atoms with Crippen LogP contribution in [-0.2, 0) is 52.7 Å². The van der Waals surface area contributed by atoms with E-state index in [1.807, 2.05) is 0 Å². The molecule has 11 nitrogen and oxygen atoms in total. The molecule has 0 aliphatic carbocycles. The first-order valence-electron chi connectivity index (χ1n) is 6.38. The smallest absolute Gasteiger partial charge is 0.272 e. The van der Waals surface area contributed by atoms with Crippen molar-refractivity contribution >= 4 is 40.2 Å². The molecule has 0 aromatic carbocycles. The van der Waals surface area contributed by atoms with Crippen LogP contribution in [0.15, 0.2) is 0 Å². The molecule has 0 fully saturated rings. The first-order chi connectivity index (χ1) is 10.7. The molecule has 0 aliphatic heterocycles. The molecule has 0 saturated carbocycles. The van der Waals surface area contributed by atoms with Crippen LogP contribution in [0.5, 0.6) is 0 Å². The third-order valence-electron chi connectivity index (χ3n) is 2.36. The van der Waals surface area contributed by atoms with Crippen molar-refractivity contribution in [3.63, 3.8) is 0 Å². The monoisotopic (exact) mass is 432 g/mol. The van der Waals surface area contributed by atoms with E-state index in [9.17, 15) is 33.7 Å². The predicted molar refractivity (Wildman–Crippen MR) is 84.1 cm³/mol. The minimum Gasteiger partial charge on any atom is -0.272 e. The SMILES string of the molecule is COS(=O)(=O)COS(=O)(=O)CCCCCS(=O)(=O)OCS(C)(=O)=O. The summed E-state index contributed by atoms with van der Waals surface area (Å²) in [5.74, 6) is -3.07. The highest BCUT2D eigenvalue weighted by atomic mass is 32.2. The van der Waals surface area contributed by atoms with E-state index in [-0.39, 0.29) is 19.3 Å². The summed E-state index contributed by atoms with van der Waals surface area (Å²) in [5, 5.41) is 0. The minimum atomic E-state index is -4.09. The molecule has 0 rings (SSSR count). The molecular weight excluding hydrogens is 412 g/mol. The predicted octanol–water partition coefficient (Wildman–Crippen LogP) is -1.21. The van der Waals surface area contributed by atoms with E-state index < -0.39 is 63.6 Å². The van der Waals surface area contributed by atoms with Crippen LogP contribution >= 0.6 is 0 Å². The van der Waals surface area contributed by atoms with Gasteiger partial charge in [-0.1, -0.05) is 6.42 Å². The summed E-state index contributed by atoms with van der Waals surface area (Å²) in [6, 6.07) is 0. The molecule has 0 heterocycles. The van der Waals surface area contributed by atoms with Gasteiger partial charge < -0.3 is 0 Å². The van der Waals surface area contributed by atoms with Gasteiger partial charge in [0.2, 0.25) is 0 Å². The molecule has 0 radical (unpaired) electrons. The van der Waals surface area contributed by atoms with Crippen molar-refractivity contribution < 1.29 is 46.2 Å². The van der Waals surface area contributed by atoms with E-state index in [4.69, 9.17) is 0 Å². The molecule has 0 bridgehead atoms. The van der Waals surface area contributed by atoms with Crippen LogP contribution in [-0.4, -0.2) is 70.4 Å². The fourth-order valence-corrected chi connectivity index (χ4v) is 4.98. The summed E-state index contributed by atoms with van der Waals surface area (Å²) >= 11 is 0. The van der Waals surface area contributed by atoms with Gasteiger partial charge >= 0.3 is 0 Å². The van der Waals surface area contributed by atoms with Crippen molar-refractivity contribution in [3.05, 3.63) is 0 Å². The topological polar surface area (TPSA) is 164 Å². The first kappa shape index (κ1) is 23.7. The van der Waals surface area contributed by atoms with E-state index in [0.717, 1.165) is 13.4 Å². The molecular formula is C9H20O11S4. The van der Waals surface area contributed by atoms with E-state index in [1.165, 1.54) is 0 Å². The number of unbranched alkanes of at least 4 members (excludes halogenated alkanes) is 2. The van der Waals surface area contributed by atoms with Crippen LogP contribution in [0.3, 0.4) is 0 Å². The number of hydrogen-bond acceptors (Lipinski definition) is 11. The van der Waals surface area contributed by atoms with Crippen LogP contribution in [0.2, 0.25) is 0 Å². The van der Waals surface area contributed by atoms with Crippen LogP contribution in [0.4, 0.5) is 0 Å². The van der Waals surface area contributed by atoms with Crippen LogP contribution in [0.25, 0.3) is 0 Å². The third kappa shape index (κ3) is 13.0. The lowest BCUT2D eigenvalue weighted by Crippen LogP contribution is -2.18. The van der Waals surface area contributed by atoms with Crippen molar-refractivity contribution in [1.82, 2.24) is 0 Å². The third-order valence-corrected chi connectivity index (χ3v) is 6.65.